The largest absolute Gasteiger partial charge is 0.389 e. The second-order valence-corrected chi connectivity index (χ2v) is 4.94. The molecule has 0 aliphatic carbocycles. The molecule has 1 N–H and O–H groups in total. The number of nitrogens with zero attached hydrogens (tertiary/aromatic N) is 3. The molecule has 2 rings (SSSR count). The summed E-state index contributed by atoms with van der Waals surface area (Å²) in [6, 6.07) is 4.42. The molecular formula is C13H21N3O. The van der Waals surface area contributed by atoms with Gasteiger partial charge in [-0.25, -0.2) is 4.98 Å². The molecule has 2 heterocycles. The highest BCUT2D eigenvalue weighted by atomic mass is 16.3. The Morgan fingerprint density at radius 2 is 2.29 bits per heavy atom. The van der Waals surface area contributed by atoms with Gasteiger partial charge >= 0.3 is 0 Å². The third-order valence-corrected chi connectivity index (χ3v) is 3.46. The Morgan fingerprint density at radius 3 is 2.88 bits per heavy atom. The summed E-state index contributed by atoms with van der Waals surface area (Å²) in [5.41, 5.74) is 0.923. The number of rotatable bonds is 3. The van der Waals surface area contributed by atoms with Gasteiger partial charge < -0.3 is 14.9 Å². The Kier molecular flexibility index (Phi) is 3.64. The number of hydrogen-bond donors (Lipinski definition) is 1. The molecule has 1 saturated heterocycles. The first-order chi connectivity index (χ1) is 8.09. The smallest absolute Gasteiger partial charge is 0.134 e. The quantitative estimate of drug-likeness (QED) is 0.856. The van der Waals surface area contributed by atoms with Crippen molar-refractivity contribution in [2.45, 2.75) is 25.5 Å². The van der Waals surface area contributed by atoms with Crippen molar-refractivity contribution < 1.29 is 5.11 Å². The van der Waals surface area contributed by atoms with E-state index < -0.39 is 6.10 Å². The maximum absolute atomic E-state index is 9.76. The van der Waals surface area contributed by atoms with Gasteiger partial charge in [0.15, 0.2) is 0 Å². The molecule has 1 aromatic heterocycles. The Morgan fingerprint density at radius 1 is 1.53 bits per heavy atom. The van der Waals surface area contributed by atoms with E-state index in [-0.39, 0.29) is 0 Å². The SMILES string of the molecule is C[C@H](O)c1cccnc1N1CCC(N(C)C)C1. The van der Waals surface area contributed by atoms with E-state index in [0.29, 0.717) is 6.04 Å². The summed E-state index contributed by atoms with van der Waals surface area (Å²) in [5, 5.41) is 9.76. The van der Waals surface area contributed by atoms with E-state index in [4.69, 9.17) is 0 Å². The second-order valence-electron chi connectivity index (χ2n) is 4.94. The van der Waals surface area contributed by atoms with E-state index in [1.54, 1.807) is 13.1 Å². The first kappa shape index (κ1) is 12.3. The van der Waals surface area contributed by atoms with Crippen LogP contribution in [0, 0.1) is 0 Å². The zero-order valence-corrected chi connectivity index (χ0v) is 10.8. The minimum absolute atomic E-state index is 0.461. The third-order valence-electron chi connectivity index (χ3n) is 3.46. The zero-order chi connectivity index (χ0) is 12.4. The highest BCUT2D eigenvalue weighted by Crippen LogP contribution is 2.27. The maximum Gasteiger partial charge on any atom is 0.134 e. The molecule has 1 aliphatic heterocycles. The molecule has 4 heteroatoms. The van der Waals surface area contributed by atoms with Crippen LogP contribution in [0.25, 0.3) is 0 Å². The van der Waals surface area contributed by atoms with Crippen LogP contribution in [0.2, 0.25) is 0 Å². The predicted molar refractivity (Wildman–Crippen MR) is 69.2 cm³/mol. The molecule has 1 aliphatic rings. The van der Waals surface area contributed by atoms with E-state index in [1.807, 2.05) is 12.1 Å². The van der Waals surface area contributed by atoms with E-state index in [0.717, 1.165) is 30.9 Å². The van der Waals surface area contributed by atoms with Gasteiger partial charge in [0.25, 0.3) is 0 Å². The van der Waals surface area contributed by atoms with Gasteiger partial charge in [0.1, 0.15) is 5.82 Å². The van der Waals surface area contributed by atoms with Crippen molar-refractivity contribution in [1.29, 1.82) is 0 Å². The van der Waals surface area contributed by atoms with Gasteiger partial charge in [-0.2, -0.15) is 0 Å². The third kappa shape index (κ3) is 2.58. The van der Waals surface area contributed by atoms with E-state index >= 15 is 0 Å². The standard InChI is InChI=1S/C13H21N3O/c1-10(17)12-5-4-7-14-13(12)16-8-6-11(9-16)15(2)3/h4-5,7,10-11,17H,6,8-9H2,1-3H3/t10-,11?/m0/s1. The number of likely N-dealkylation sites (N-methyl/N-ethyl adjacent to an activating group) is 1. The summed E-state index contributed by atoms with van der Waals surface area (Å²) in [5.74, 6) is 0.937. The van der Waals surface area contributed by atoms with Gasteiger partial charge in [-0.05, 0) is 33.5 Å². The zero-order valence-electron chi connectivity index (χ0n) is 10.8. The van der Waals surface area contributed by atoms with Gasteiger partial charge in [-0.3, -0.25) is 0 Å². The topological polar surface area (TPSA) is 39.6 Å². The van der Waals surface area contributed by atoms with Crippen LogP contribution in [-0.4, -0.2) is 48.2 Å². The van der Waals surface area contributed by atoms with Crippen LogP contribution in [0.5, 0.6) is 0 Å². The van der Waals surface area contributed by atoms with E-state index in [2.05, 4.69) is 28.9 Å². The summed E-state index contributed by atoms with van der Waals surface area (Å²) >= 11 is 0. The van der Waals surface area contributed by atoms with Crippen LogP contribution in [0.4, 0.5) is 5.82 Å². The molecule has 17 heavy (non-hydrogen) atoms. The molecule has 1 aromatic rings. The summed E-state index contributed by atoms with van der Waals surface area (Å²) in [6.45, 7) is 3.79. The predicted octanol–water partition coefficient (Wildman–Crippen LogP) is 1.28. The lowest BCUT2D eigenvalue weighted by atomic mass is 10.1. The minimum Gasteiger partial charge on any atom is -0.389 e. The van der Waals surface area contributed by atoms with Crippen LogP contribution < -0.4 is 4.90 Å². The molecular weight excluding hydrogens is 214 g/mol. The highest BCUT2D eigenvalue weighted by molar-refractivity contribution is 5.48. The summed E-state index contributed by atoms with van der Waals surface area (Å²) in [6.07, 6.45) is 2.49. The Labute approximate surface area is 103 Å². The van der Waals surface area contributed by atoms with Crippen molar-refractivity contribution in [3.63, 3.8) is 0 Å². The van der Waals surface area contributed by atoms with Crippen LogP contribution in [0.15, 0.2) is 18.3 Å². The van der Waals surface area contributed by atoms with E-state index in [1.165, 1.54) is 0 Å². The lowest BCUT2D eigenvalue weighted by Crippen LogP contribution is -2.32. The van der Waals surface area contributed by atoms with Crippen LogP contribution >= 0.6 is 0 Å². The number of anilines is 1. The first-order valence-corrected chi connectivity index (χ1v) is 6.14. The number of hydrogen-bond acceptors (Lipinski definition) is 4. The molecule has 4 nitrogen and oxygen atoms in total. The Bertz CT molecular complexity index is 379. The lowest BCUT2D eigenvalue weighted by molar-refractivity contribution is 0.199. The number of aliphatic hydroxyl groups excluding tert-OH is 1. The lowest BCUT2D eigenvalue weighted by Gasteiger charge is -2.23. The fraction of sp³-hybridized carbons (Fsp3) is 0.615. The summed E-state index contributed by atoms with van der Waals surface area (Å²) < 4.78 is 0. The summed E-state index contributed by atoms with van der Waals surface area (Å²) in [4.78, 5) is 8.95. The molecule has 1 unspecified atom stereocenters. The number of pyridine rings is 1. The average molecular weight is 235 g/mol. The summed E-state index contributed by atoms with van der Waals surface area (Å²) in [7, 11) is 4.23. The normalized spacial score (nSPS) is 22.2. The van der Waals surface area contributed by atoms with Gasteiger partial charge in [0.05, 0.1) is 6.10 Å². The van der Waals surface area contributed by atoms with Gasteiger partial charge in [0, 0.05) is 30.9 Å². The van der Waals surface area contributed by atoms with Crippen molar-refractivity contribution in [2.75, 3.05) is 32.1 Å². The van der Waals surface area contributed by atoms with Gasteiger partial charge in [0.2, 0.25) is 0 Å². The van der Waals surface area contributed by atoms with Crippen molar-refractivity contribution in [3.05, 3.63) is 23.9 Å². The number of aliphatic hydroxyl groups is 1. The molecule has 0 amide bonds. The van der Waals surface area contributed by atoms with Crippen LogP contribution in [0.3, 0.4) is 0 Å². The molecule has 0 aromatic carbocycles. The molecule has 0 radical (unpaired) electrons. The molecule has 2 atom stereocenters. The Balaban J connectivity index is 2.18. The van der Waals surface area contributed by atoms with Crippen molar-refractivity contribution in [3.8, 4) is 0 Å². The second kappa shape index (κ2) is 5.02. The number of aromatic nitrogens is 1. The van der Waals surface area contributed by atoms with Crippen molar-refractivity contribution in [2.24, 2.45) is 0 Å². The van der Waals surface area contributed by atoms with Gasteiger partial charge in [-0.15, -0.1) is 0 Å². The maximum atomic E-state index is 9.76. The average Bonchev–Trinajstić information content (AvgIpc) is 2.78. The van der Waals surface area contributed by atoms with Crippen LogP contribution in [-0.2, 0) is 0 Å². The molecule has 94 valence electrons. The van der Waals surface area contributed by atoms with Crippen molar-refractivity contribution in [1.82, 2.24) is 9.88 Å². The fourth-order valence-electron chi connectivity index (χ4n) is 2.36. The first-order valence-electron chi connectivity index (χ1n) is 6.14. The van der Waals surface area contributed by atoms with Gasteiger partial charge in [-0.1, -0.05) is 6.07 Å². The monoisotopic (exact) mass is 235 g/mol. The van der Waals surface area contributed by atoms with Crippen molar-refractivity contribution >= 4 is 5.82 Å². The van der Waals surface area contributed by atoms with E-state index in [9.17, 15) is 5.11 Å². The minimum atomic E-state index is -0.461. The Hall–Kier alpha value is -1.13. The molecule has 0 saturated carbocycles. The molecule has 1 fully saturated rings. The molecule has 0 bridgehead atoms. The van der Waals surface area contributed by atoms with Crippen LogP contribution in [0.1, 0.15) is 25.0 Å². The molecule has 0 spiro atoms. The highest BCUT2D eigenvalue weighted by Gasteiger charge is 2.26. The fourth-order valence-corrected chi connectivity index (χ4v) is 2.36.